The molecule has 18 heavy (non-hydrogen) atoms. The van der Waals surface area contributed by atoms with Crippen molar-refractivity contribution in [2.45, 2.75) is 12.5 Å². The Morgan fingerprint density at radius 2 is 2.17 bits per heavy atom. The molecule has 0 spiro atoms. The van der Waals surface area contributed by atoms with Crippen LogP contribution in [0.15, 0.2) is 16.9 Å². The lowest BCUT2D eigenvalue weighted by Gasteiger charge is -2.12. The summed E-state index contributed by atoms with van der Waals surface area (Å²) in [6, 6.07) is 1.17. The van der Waals surface area contributed by atoms with Gasteiger partial charge in [0, 0.05) is 26.1 Å². The number of hydrogen-bond donors (Lipinski definition) is 3. The zero-order valence-corrected chi connectivity index (χ0v) is 9.66. The lowest BCUT2D eigenvalue weighted by atomic mass is 10.2. The number of aromatic nitrogens is 2. The van der Waals surface area contributed by atoms with Crippen LogP contribution in [0.2, 0.25) is 0 Å². The normalized spacial score (nSPS) is 11.9. The zero-order valence-electron chi connectivity index (χ0n) is 9.66. The highest BCUT2D eigenvalue weighted by Crippen LogP contribution is 1.96. The summed E-state index contributed by atoms with van der Waals surface area (Å²) in [5.41, 5.74) is -0.446. The predicted molar refractivity (Wildman–Crippen MR) is 60.1 cm³/mol. The topological polar surface area (TPSA) is 122 Å². The van der Waals surface area contributed by atoms with Gasteiger partial charge in [-0.15, -0.1) is 0 Å². The third-order valence-electron chi connectivity index (χ3n) is 2.21. The minimum atomic E-state index is -1.25. The van der Waals surface area contributed by atoms with Crippen LogP contribution in [-0.2, 0) is 11.8 Å². The number of aryl methyl sites for hydroxylation is 1. The van der Waals surface area contributed by atoms with E-state index in [1.807, 2.05) is 0 Å². The molecule has 3 N–H and O–H groups in total. The van der Waals surface area contributed by atoms with Crippen LogP contribution in [0.5, 0.6) is 0 Å². The number of aliphatic hydroxyl groups excluding tert-OH is 1. The van der Waals surface area contributed by atoms with E-state index in [0.717, 1.165) is 10.7 Å². The highest BCUT2D eigenvalue weighted by Gasteiger charge is 2.20. The Kier molecular flexibility index (Phi) is 4.55. The number of carbonyl (C=O) groups is 2. The molecule has 0 radical (unpaired) electrons. The summed E-state index contributed by atoms with van der Waals surface area (Å²) in [6.45, 7) is -0.363. The highest BCUT2D eigenvalue weighted by molar-refractivity contribution is 5.94. The molecule has 1 aromatic heterocycles. The molecule has 8 nitrogen and oxygen atoms in total. The minimum Gasteiger partial charge on any atom is -0.480 e. The van der Waals surface area contributed by atoms with Crippen molar-refractivity contribution in [3.8, 4) is 0 Å². The van der Waals surface area contributed by atoms with E-state index in [1.54, 1.807) is 0 Å². The number of carboxylic acids is 1. The maximum atomic E-state index is 11.7. The molecule has 98 valence electrons. The van der Waals surface area contributed by atoms with Crippen molar-refractivity contribution in [2.24, 2.45) is 7.05 Å². The molecular weight excluding hydrogens is 242 g/mol. The lowest BCUT2D eigenvalue weighted by molar-refractivity contribution is -0.139. The van der Waals surface area contributed by atoms with Gasteiger partial charge in [0.15, 0.2) is 0 Å². The van der Waals surface area contributed by atoms with E-state index in [0.29, 0.717) is 0 Å². The maximum absolute atomic E-state index is 11.7. The van der Waals surface area contributed by atoms with Crippen LogP contribution < -0.4 is 10.9 Å². The SMILES string of the molecule is Cn1nc(C(=O)N[C@H](CCO)C(=O)O)ccc1=O. The van der Waals surface area contributed by atoms with Crippen LogP contribution in [0.1, 0.15) is 16.9 Å². The Morgan fingerprint density at radius 3 is 2.67 bits per heavy atom. The number of rotatable bonds is 5. The van der Waals surface area contributed by atoms with E-state index in [4.69, 9.17) is 10.2 Å². The third kappa shape index (κ3) is 3.39. The van der Waals surface area contributed by atoms with Gasteiger partial charge in [-0.2, -0.15) is 5.10 Å². The van der Waals surface area contributed by atoms with Gasteiger partial charge in [-0.05, 0) is 6.07 Å². The Bertz CT molecular complexity index is 510. The van der Waals surface area contributed by atoms with Gasteiger partial charge in [0.25, 0.3) is 11.5 Å². The van der Waals surface area contributed by atoms with Crippen molar-refractivity contribution in [3.05, 3.63) is 28.2 Å². The van der Waals surface area contributed by atoms with Gasteiger partial charge in [0.1, 0.15) is 11.7 Å². The van der Waals surface area contributed by atoms with Crippen LogP contribution in [0, 0.1) is 0 Å². The number of aliphatic hydroxyl groups is 1. The summed E-state index contributed by atoms with van der Waals surface area (Å²) in [7, 11) is 1.38. The fourth-order valence-electron chi connectivity index (χ4n) is 1.24. The summed E-state index contributed by atoms with van der Waals surface area (Å²) >= 11 is 0. The molecule has 1 atom stereocenters. The Hall–Kier alpha value is -2.22. The van der Waals surface area contributed by atoms with E-state index in [2.05, 4.69) is 10.4 Å². The van der Waals surface area contributed by atoms with Crippen molar-refractivity contribution < 1.29 is 19.8 Å². The molecule has 0 aromatic carbocycles. The molecule has 1 heterocycles. The van der Waals surface area contributed by atoms with E-state index >= 15 is 0 Å². The van der Waals surface area contributed by atoms with Crippen LogP contribution in [0.3, 0.4) is 0 Å². The summed E-state index contributed by atoms with van der Waals surface area (Å²) < 4.78 is 0.969. The van der Waals surface area contributed by atoms with E-state index in [-0.39, 0.29) is 24.3 Å². The van der Waals surface area contributed by atoms with Crippen molar-refractivity contribution in [3.63, 3.8) is 0 Å². The minimum absolute atomic E-state index is 0.0683. The molecule has 0 saturated carbocycles. The average Bonchev–Trinajstić information content (AvgIpc) is 2.31. The van der Waals surface area contributed by atoms with E-state index in [1.165, 1.54) is 13.1 Å². The van der Waals surface area contributed by atoms with Gasteiger partial charge in [0.2, 0.25) is 0 Å². The Morgan fingerprint density at radius 1 is 1.50 bits per heavy atom. The zero-order chi connectivity index (χ0) is 13.7. The first-order valence-corrected chi connectivity index (χ1v) is 5.14. The summed E-state index contributed by atoms with van der Waals surface area (Å²) in [6.07, 6.45) is -0.104. The molecule has 0 unspecified atom stereocenters. The standard InChI is InChI=1S/C10H13N3O5/c1-13-8(15)3-2-6(12-13)9(16)11-7(4-5-14)10(17)18/h2-3,7,14H,4-5H2,1H3,(H,11,16)(H,17,18)/t7-/m1/s1. The molecule has 0 fully saturated rings. The van der Waals surface area contributed by atoms with Gasteiger partial charge in [-0.1, -0.05) is 0 Å². The second kappa shape index (κ2) is 5.92. The molecule has 0 bridgehead atoms. The molecule has 1 rings (SSSR count). The molecule has 0 aliphatic rings. The second-order valence-corrected chi connectivity index (χ2v) is 3.56. The largest absolute Gasteiger partial charge is 0.480 e. The molecule has 1 aromatic rings. The van der Waals surface area contributed by atoms with Crippen molar-refractivity contribution in [1.82, 2.24) is 15.1 Å². The van der Waals surface area contributed by atoms with Crippen molar-refractivity contribution in [2.75, 3.05) is 6.61 Å². The number of nitrogens with one attached hydrogen (secondary N) is 1. The fourth-order valence-corrected chi connectivity index (χ4v) is 1.24. The fraction of sp³-hybridized carbons (Fsp3) is 0.400. The van der Waals surface area contributed by atoms with Gasteiger partial charge in [-0.25, -0.2) is 9.48 Å². The van der Waals surface area contributed by atoms with Crippen LogP contribution in [-0.4, -0.2) is 44.5 Å². The molecular formula is C10H13N3O5. The third-order valence-corrected chi connectivity index (χ3v) is 2.21. The maximum Gasteiger partial charge on any atom is 0.326 e. The molecule has 0 saturated heterocycles. The number of nitrogens with zero attached hydrogens (tertiary/aromatic N) is 2. The first-order chi connectivity index (χ1) is 8.45. The van der Waals surface area contributed by atoms with Gasteiger partial charge in [-0.3, -0.25) is 9.59 Å². The lowest BCUT2D eigenvalue weighted by Crippen LogP contribution is -2.42. The van der Waals surface area contributed by atoms with Crippen LogP contribution in [0.4, 0.5) is 0 Å². The van der Waals surface area contributed by atoms with E-state index < -0.39 is 17.9 Å². The smallest absolute Gasteiger partial charge is 0.326 e. The van der Waals surface area contributed by atoms with Crippen LogP contribution >= 0.6 is 0 Å². The molecule has 1 amide bonds. The Balaban J connectivity index is 2.83. The van der Waals surface area contributed by atoms with Gasteiger partial charge < -0.3 is 15.5 Å². The number of aliphatic carboxylic acids is 1. The Labute approximate surface area is 102 Å². The van der Waals surface area contributed by atoms with Crippen molar-refractivity contribution >= 4 is 11.9 Å². The van der Waals surface area contributed by atoms with E-state index in [9.17, 15) is 14.4 Å². The van der Waals surface area contributed by atoms with Crippen LogP contribution in [0.25, 0.3) is 0 Å². The van der Waals surface area contributed by atoms with Gasteiger partial charge >= 0.3 is 5.97 Å². The monoisotopic (exact) mass is 255 g/mol. The first kappa shape index (κ1) is 13.8. The average molecular weight is 255 g/mol. The highest BCUT2D eigenvalue weighted by atomic mass is 16.4. The summed E-state index contributed by atoms with van der Waals surface area (Å²) in [4.78, 5) is 33.5. The number of carbonyl (C=O) groups excluding carboxylic acids is 1. The summed E-state index contributed by atoms with van der Waals surface area (Å²) in [5, 5.41) is 23.4. The number of carboxylic acid groups (broad SMARTS) is 1. The molecule has 0 aliphatic heterocycles. The molecule has 8 heteroatoms. The molecule has 0 aliphatic carbocycles. The quantitative estimate of drug-likeness (QED) is 0.579. The summed E-state index contributed by atoms with van der Waals surface area (Å²) in [5.74, 6) is -1.96. The van der Waals surface area contributed by atoms with Crippen molar-refractivity contribution in [1.29, 1.82) is 0 Å². The van der Waals surface area contributed by atoms with Gasteiger partial charge in [0.05, 0.1) is 0 Å². The number of hydrogen-bond acceptors (Lipinski definition) is 5. The number of amides is 1. The predicted octanol–water partition coefficient (Wildman–Crippen LogP) is -1.65. The first-order valence-electron chi connectivity index (χ1n) is 5.14. The second-order valence-electron chi connectivity index (χ2n) is 3.56.